The number of ether oxygens (including phenoxy) is 2. The van der Waals surface area contributed by atoms with Crippen molar-refractivity contribution in [2.75, 3.05) is 0 Å². The summed E-state index contributed by atoms with van der Waals surface area (Å²) in [6, 6.07) is 15.7. The monoisotopic (exact) mass is 676 g/mol. The van der Waals surface area contributed by atoms with Crippen LogP contribution in [0.15, 0.2) is 82.5 Å². The molecule has 0 amide bonds. The van der Waals surface area contributed by atoms with Gasteiger partial charge in [-0.2, -0.15) is 0 Å². The number of rotatable bonds is 10. The Kier molecular flexibility index (Phi) is 9.93. The highest BCUT2D eigenvalue weighted by Gasteiger charge is 2.32. The molecular weight excluding hydrogens is 640 g/mol. The number of hydrogen-bond donors (Lipinski definition) is 1. The zero-order valence-electron chi connectivity index (χ0n) is 28.8. The molecule has 1 N–H and O–H groups in total. The quantitative estimate of drug-likeness (QED) is 0.100. The van der Waals surface area contributed by atoms with Crippen LogP contribution < -0.4 is 0 Å². The van der Waals surface area contributed by atoms with Gasteiger partial charge in [0.2, 0.25) is 0 Å². The fourth-order valence-corrected chi connectivity index (χ4v) is 6.35. The van der Waals surface area contributed by atoms with Crippen LogP contribution in [0.4, 0.5) is 11.4 Å². The summed E-state index contributed by atoms with van der Waals surface area (Å²) in [4.78, 5) is 56.3. The minimum absolute atomic E-state index is 0.0561. The zero-order valence-corrected chi connectivity index (χ0v) is 28.8. The van der Waals surface area contributed by atoms with Crippen LogP contribution in [0.2, 0.25) is 0 Å². The maximum Gasteiger partial charge on any atom is 0.340 e. The first kappa shape index (κ1) is 35.1. The van der Waals surface area contributed by atoms with Gasteiger partial charge in [-0.25, -0.2) is 9.59 Å². The molecule has 1 aliphatic rings. The number of nitrogens with zero attached hydrogens (tertiary/aromatic N) is 3. The molecule has 0 radical (unpaired) electrons. The van der Waals surface area contributed by atoms with Crippen LogP contribution in [0.3, 0.4) is 0 Å². The zero-order chi connectivity index (χ0) is 36.4. The van der Waals surface area contributed by atoms with Crippen LogP contribution in [0, 0.1) is 54.8 Å². The van der Waals surface area contributed by atoms with Gasteiger partial charge in [0.1, 0.15) is 13.2 Å². The van der Waals surface area contributed by atoms with Crippen molar-refractivity contribution >= 4 is 34.6 Å². The Morgan fingerprint density at radius 1 is 0.720 bits per heavy atom. The molecule has 0 saturated heterocycles. The molecule has 0 fully saturated rings. The number of allylic oxidation sites excluding steroid dienone is 1. The molecular formula is C38H36N4O8. The van der Waals surface area contributed by atoms with Gasteiger partial charge in [0.25, 0.3) is 11.4 Å². The molecule has 0 spiro atoms. The number of hydrogen-bond acceptors (Lipinski definition) is 9. The number of carbonyl (C=O) groups excluding carboxylic acids is 2. The Bertz CT molecular complexity index is 2130. The van der Waals surface area contributed by atoms with E-state index in [-0.39, 0.29) is 24.6 Å². The number of esters is 2. The third-order valence-electron chi connectivity index (χ3n) is 8.67. The summed E-state index contributed by atoms with van der Waals surface area (Å²) in [5.41, 5.74) is 9.88. The molecule has 4 aromatic rings. The van der Waals surface area contributed by atoms with E-state index in [9.17, 15) is 29.8 Å². The van der Waals surface area contributed by atoms with Crippen LogP contribution in [-0.2, 0) is 27.5 Å². The van der Waals surface area contributed by atoms with E-state index in [1.165, 1.54) is 24.3 Å². The molecule has 5 rings (SSSR count). The van der Waals surface area contributed by atoms with Gasteiger partial charge in [0.05, 0.1) is 38.1 Å². The van der Waals surface area contributed by atoms with E-state index in [0.29, 0.717) is 61.8 Å². The summed E-state index contributed by atoms with van der Waals surface area (Å²) in [5, 5.41) is 22.0. The second-order valence-electron chi connectivity index (χ2n) is 12.3. The largest absolute Gasteiger partial charge is 0.457 e. The van der Waals surface area contributed by atoms with Gasteiger partial charge in [-0.3, -0.25) is 25.2 Å². The van der Waals surface area contributed by atoms with Crippen molar-refractivity contribution in [3.8, 4) is 0 Å². The topological polar surface area (TPSA) is 167 Å². The summed E-state index contributed by atoms with van der Waals surface area (Å²) >= 11 is 0. The number of aromatic nitrogens is 1. The summed E-state index contributed by atoms with van der Waals surface area (Å²) in [6.45, 7) is 13.0. The third-order valence-corrected chi connectivity index (χ3v) is 8.67. The van der Waals surface area contributed by atoms with Crippen LogP contribution >= 0.6 is 0 Å². The number of non-ortho nitro benzene ring substituents is 2. The number of aryl methyl sites for hydroxylation is 4. The molecule has 0 aliphatic carbocycles. The number of nitro groups is 2. The molecule has 256 valence electrons. The molecule has 50 heavy (non-hydrogen) atoms. The summed E-state index contributed by atoms with van der Waals surface area (Å²) in [5.74, 6) is -1.14. The van der Waals surface area contributed by atoms with E-state index in [1.807, 2.05) is 27.7 Å². The second kappa shape index (κ2) is 14.1. The minimum atomic E-state index is -0.580. The first-order valence-corrected chi connectivity index (χ1v) is 15.8. The number of aromatic amines is 1. The molecule has 1 aromatic heterocycles. The fraction of sp³-hybridized carbons (Fsp3) is 0.237. The Hall–Kier alpha value is -6.17. The predicted octanol–water partition coefficient (Wildman–Crippen LogP) is 8.02. The highest BCUT2D eigenvalue weighted by atomic mass is 16.6. The van der Waals surface area contributed by atoms with Crippen molar-refractivity contribution in [3.05, 3.63) is 154 Å². The Morgan fingerprint density at radius 2 is 1.20 bits per heavy atom. The lowest BCUT2D eigenvalue weighted by molar-refractivity contribution is -0.385. The van der Waals surface area contributed by atoms with Crippen molar-refractivity contribution in [2.45, 2.75) is 61.7 Å². The van der Waals surface area contributed by atoms with Gasteiger partial charge in [-0.15, -0.1) is 0 Å². The van der Waals surface area contributed by atoms with Crippen LogP contribution in [-0.4, -0.2) is 32.5 Å². The lowest BCUT2D eigenvalue weighted by Gasteiger charge is -2.18. The Morgan fingerprint density at radius 3 is 1.68 bits per heavy atom. The van der Waals surface area contributed by atoms with Crippen molar-refractivity contribution in [3.63, 3.8) is 0 Å². The van der Waals surface area contributed by atoms with E-state index in [0.717, 1.165) is 22.3 Å². The average molecular weight is 677 g/mol. The number of benzene rings is 3. The number of aliphatic imine (C=N–C) groups is 1. The van der Waals surface area contributed by atoms with E-state index < -0.39 is 21.8 Å². The minimum Gasteiger partial charge on any atom is -0.457 e. The number of H-pyrrole nitrogens is 1. The van der Waals surface area contributed by atoms with Crippen molar-refractivity contribution < 1.29 is 28.9 Å². The molecule has 0 atom stereocenters. The lowest BCUT2D eigenvalue weighted by Crippen LogP contribution is -2.13. The summed E-state index contributed by atoms with van der Waals surface area (Å²) in [7, 11) is 0. The van der Waals surface area contributed by atoms with Crippen molar-refractivity contribution in [1.82, 2.24) is 4.98 Å². The van der Waals surface area contributed by atoms with Gasteiger partial charge in [-0.05, 0) is 112 Å². The Balaban J connectivity index is 1.54. The maximum absolute atomic E-state index is 13.5. The number of nitrogens with one attached hydrogen (secondary N) is 1. The average Bonchev–Trinajstić information content (AvgIpc) is 3.53. The van der Waals surface area contributed by atoms with Gasteiger partial charge in [-0.1, -0.05) is 17.7 Å². The normalized spacial score (nSPS) is 13.6. The smallest absolute Gasteiger partial charge is 0.340 e. The second-order valence-corrected chi connectivity index (χ2v) is 12.3. The highest BCUT2D eigenvalue weighted by molar-refractivity contribution is 6.22. The van der Waals surface area contributed by atoms with E-state index >= 15 is 0 Å². The number of nitro benzene ring substituents is 2. The fourth-order valence-electron chi connectivity index (χ4n) is 6.35. The Labute approximate surface area is 288 Å². The molecule has 0 bridgehead atoms. The molecule has 1 aliphatic heterocycles. The lowest BCUT2D eigenvalue weighted by atomic mass is 9.87. The van der Waals surface area contributed by atoms with Gasteiger partial charge in [0, 0.05) is 35.5 Å². The summed E-state index contributed by atoms with van der Waals surface area (Å²) < 4.78 is 11.3. The first-order valence-electron chi connectivity index (χ1n) is 15.8. The standard InChI is InChI=1S/C38H36N4O8/c1-20-16-21(2)31(22(3)17-20)34(35-23(4)32(25(6)39-35)37(43)49-18-27-8-12-29(13-9-27)41(45)46)36-24(5)33(26(7)40-36)38(44)50-19-28-10-14-30(15-11-28)42(47)48/h8-17,39H,18-19H2,1-7H3/b36-34-. The van der Waals surface area contributed by atoms with Gasteiger partial charge >= 0.3 is 11.9 Å². The van der Waals surface area contributed by atoms with E-state index in [2.05, 4.69) is 17.1 Å². The maximum atomic E-state index is 13.5. The molecule has 12 nitrogen and oxygen atoms in total. The molecule has 0 saturated carbocycles. The number of carbonyl (C=O) groups is 2. The summed E-state index contributed by atoms with van der Waals surface area (Å²) in [6.07, 6.45) is 0. The first-order chi connectivity index (χ1) is 23.7. The van der Waals surface area contributed by atoms with E-state index in [4.69, 9.17) is 14.5 Å². The van der Waals surface area contributed by atoms with E-state index in [1.54, 1.807) is 45.0 Å². The van der Waals surface area contributed by atoms with Gasteiger partial charge < -0.3 is 14.5 Å². The molecule has 2 heterocycles. The SMILES string of the molecule is CC1=N/C(=C(\c2[nH]c(C)c(C(=O)OCc3ccc([N+](=O)[O-])cc3)c2C)c2c(C)cc(C)cc2C)C(C)=C1C(=O)OCc1ccc([N+](=O)[O-])cc1. The molecule has 3 aromatic carbocycles. The van der Waals surface area contributed by atoms with Crippen molar-refractivity contribution in [1.29, 1.82) is 0 Å². The predicted molar refractivity (Wildman–Crippen MR) is 188 cm³/mol. The van der Waals surface area contributed by atoms with Gasteiger partial charge in [0.15, 0.2) is 0 Å². The van der Waals surface area contributed by atoms with Crippen LogP contribution in [0.25, 0.3) is 5.57 Å². The van der Waals surface area contributed by atoms with Crippen molar-refractivity contribution in [2.24, 2.45) is 4.99 Å². The third kappa shape index (κ3) is 7.00. The molecule has 0 unspecified atom stereocenters. The highest BCUT2D eigenvalue weighted by Crippen LogP contribution is 2.41. The molecule has 12 heteroatoms. The van der Waals surface area contributed by atoms with Crippen LogP contribution in [0.5, 0.6) is 0 Å². The van der Waals surface area contributed by atoms with Crippen LogP contribution in [0.1, 0.15) is 74.5 Å².